The molecule has 1 fully saturated rings. The molecule has 3 nitrogen and oxygen atoms in total. The Labute approximate surface area is 137 Å². The molecule has 0 aliphatic heterocycles. The average molecular weight is 356 g/mol. The maximum absolute atomic E-state index is 6.97. The van der Waals surface area contributed by atoms with Crippen molar-refractivity contribution in [1.82, 2.24) is 9.78 Å². The van der Waals surface area contributed by atoms with E-state index in [1.807, 2.05) is 0 Å². The molecule has 0 amide bonds. The van der Waals surface area contributed by atoms with Crippen molar-refractivity contribution in [3.05, 3.63) is 15.9 Å². The van der Waals surface area contributed by atoms with E-state index in [0.29, 0.717) is 11.8 Å². The Morgan fingerprint density at radius 3 is 2.67 bits per heavy atom. The molecular formula is C17H30BrN3. The third kappa shape index (κ3) is 3.37. The second-order valence-corrected chi connectivity index (χ2v) is 8.10. The van der Waals surface area contributed by atoms with Crippen LogP contribution in [0.4, 0.5) is 0 Å². The van der Waals surface area contributed by atoms with Gasteiger partial charge in [-0.15, -0.1) is 0 Å². The smallest absolute Gasteiger partial charge is 0.0738 e. The fourth-order valence-corrected chi connectivity index (χ4v) is 4.63. The summed E-state index contributed by atoms with van der Waals surface area (Å²) in [6.45, 7) is 12.1. The van der Waals surface area contributed by atoms with Crippen LogP contribution in [0, 0.1) is 24.7 Å². The van der Waals surface area contributed by atoms with E-state index < -0.39 is 0 Å². The molecule has 3 atom stereocenters. The van der Waals surface area contributed by atoms with E-state index in [2.05, 4.69) is 60.3 Å². The maximum atomic E-state index is 6.97. The highest BCUT2D eigenvalue weighted by Gasteiger charge is 2.42. The van der Waals surface area contributed by atoms with E-state index >= 15 is 0 Å². The molecule has 4 heteroatoms. The largest absolute Gasteiger partial charge is 0.324 e. The van der Waals surface area contributed by atoms with Crippen molar-refractivity contribution in [3.8, 4) is 0 Å². The second kappa shape index (κ2) is 6.41. The number of halogens is 1. The molecule has 1 aromatic heterocycles. The van der Waals surface area contributed by atoms with Crippen molar-refractivity contribution in [1.29, 1.82) is 0 Å². The minimum Gasteiger partial charge on any atom is -0.324 e. The number of aryl methyl sites for hydroxylation is 2. The molecule has 21 heavy (non-hydrogen) atoms. The highest BCUT2D eigenvalue weighted by molar-refractivity contribution is 9.10. The van der Waals surface area contributed by atoms with Gasteiger partial charge >= 0.3 is 0 Å². The molecule has 1 aliphatic rings. The highest BCUT2D eigenvalue weighted by Crippen LogP contribution is 2.42. The molecular weight excluding hydrogens is 326 g/mol. The van der Waals surface area contributed by atoms with Gasteiger partial charge in [0.1, 0.15) is 0 Å². The standard InChI is InChI=1S/C17H30BrN3/c1-6-21-15(16(18)13(5)20-21)10-17(19)9-12(4)7-8-14(17)11(2)3/h11-12,14H,6-10,19H2,1-5H3. The summed E-state index contributed by atoms with van der Waals surface area (Å²) in [5.74, 6) is 1.96. The lowest BCUT2D eigenvalue weighted by Crippen LogP contribution is -2.54. The Kier molecular flexibility index (Phi) is 5.19. The van der Waals surface area contributed by atoms with Crippen molar-refractivity contribution >= 4 is 15.9 Å². The Hall–Kier alpha value is -0.350. The SMILES string of the molecule is CCn1nc(C)c(Br)c1CC1(N)CC(C)CCC1C(C)C. The van der Waals surface area contributed by atoms with Gasteiger partial charge in [0.15, 0.2) is 0 Å². The number of hydrogen-bond acceptors (Lipinski definition) is 2. The van der Waals surface area contributed by atoms with Crippen LogP contribution in [0.5, 0.6) is 0 Å². The van der Waals surface area contributed by atoms with Gasteiger partial charge in [-0.05, 0) is 60.4 Å². The Morgan fingerprint density at radius 1 is 1.43 bits per heavy atom. The molecule has 0 radical (unpaired) electrons. The Morgan fingerprint density at radius 2 is 2.10 bits per heavy atom. The van der Waals surface area contributed by atoms with Crippen LogP contribution in [0.15, 0.2) is 4.47 Å². The van der Waals surface area contributed by atoms with E-state index in [0.717, 1.165) is 35.5 Å². The minimum atomic E-state index is -0.103. The summed E-state index contributed by atoms with van der Waals surface area (Å²) < 4.78 is 3.26. The summed E-state index contributed by atoms with van der Waals surface area (Å²) in [5.41, 5.74) is 9.21. The lowest BCUT2D eigenvalue weighted by atomic mass is 9.64. The molecule has 0 saturated heterocycles. The number of rotatable bonds is 4. The number of nitrogens with zero attached hydrogens (tertiary/aromatic N) is 2. The summed E-state index contributed by atoms with van der Waals surface area (Å²) in [5, 5.41) is 4.63. The Bertz CT molecular complexity index is 494. The van der Waals surface area contributed by atoms with E-state index in [1.54, 1.807) is 0 Å². The first kappa shape index (κ1) is 17.0. The van der Waals surface area contributed by atoms with Crippen LogP contribution >= 0.6 is 15.9 Å². The summed E-state index contributed by atoms with van der Waals surface area (Å²) in [4.78, 5) is 0. The first-order chi connectivity index (χ1) is 9.78. The first-order valence-corrected chi connectivity index (χ1v) is 9.08. The zero-order chi connectivity index (χ0) is 15.8. The predicted octanol–water partition coefficient (Wildman–Crippen LogP) is 4.31. The molecule has 0 aromatic carbocycles. The van der Waals surface area contributed by atoms with Gasteiger partial charge in [0.05, 0.1) is 15.9 Å². The van der Waals surface area contributed by atoms with Crippen molar-refractivity contribution in [2.24, 2.45) is 23.5 Å². The number of hydrogen-bond donors (Lipinski definition) is 1. The quantitative estimate of drug-likeness (QED) is 0.874. The molecule has 2 rings (SSSR count). The molecule has 3 unspecified atom stereocenters. The lowest BCUT2D eigenvalue weighted by Gasteiger charge is -2.46. The van der Waals surface area contributed by atoms with E-state index in [1.165, 1.54) is 18.5 Å². The van der Waals surface area contributed by atoms with Gasteiger partial charge in [-0.3, -0.25) is 4.68 Å². The molecule has 1 heterocycles. The van der Waals surface area contributed by atoms with Crippen LogP contribution in [0.25, 0.3) is 0 Å². The highest BCUT2D eigenvalue weighted by atomic mass is 79.9. The molecule has 1 saturated carbocycles. The topological polar surface area (TPSA) is 43.8 Å². The van der Waals surface area contributed by atoms with Crippen molar-refractivity contribution < 1.29 is 0 Å². The fraction of sp³-hybridized carbons (Fsp3) is 0.824. The number of nitrogens with two attached hydrogens (primary N) is 1. The van der Waals surface area contributed by atoms with Gasteiger partial charge in [0.2, 0.25) is 0 Å². The zero-order valence-electron chi connectivity index (χ0n) is 14.1. The molecule has 120 valence electrons. The van der Waals surface area contributed by atoms with E-state index in [9.17, 15) is 0 Å². The third-order valence-corrected chi connectivity index (χ3v) is 6.22. The van der Waals surface area contributed by atoms with Crippen LogP contribution in [-0.2, 0) is 13.0 Å². The second-order valence-electron chi connectivity index (χ2n) is 7.31. The maximum Gasteiger partial charge on any atom is 0.0738 e. The van der Waals surface area contributed by atoms with Crippen LogP contribution in [0.3, 0.4) is 0 Å². The van der Waals surface area contributed by atoms with Gasteiger partial charge in [-0.25, -0.2) is 0 Å². The normalized spacial score (nSPS) is 30.1. The number of aromatic nitrogens is 2. The van der Waals surface area contributed by atoms with Gasteiger partial charge in [-0.1, -0.05) is 27.2 Å². The summed E-state index contributed by atoms with van der Waals surface area (Å²) in [6.07, 6.45) is 4.62. The zero-order valence-corrected chi connectivity index (χ0v) is 15.7. The van der Waals surface area contributed by atoms with Crippen molar-refractivity contribution in [3.63, 3.8) is 0 Å². The van der Waals surface area contributed by atoms with Gasteiger partial charge < -0.3 is 5.73 Å². The van der Waals surface area contributed by atoms with Gasteiger partial charge in [0, 0.05) is 18.5 Å². The van der Waals surface area contributed by atoms with E-state index in [-0.39, 0.29) is 5.54 Å². The molecule has 0 bridgehead atoms. The van der Waals surface area contributed by atoms with Crippen LogP contribution in [-0.4, -0.2) is 15.3 Å². The summed E-state index contributed by atoms with van der Waals surface area (Å²) in [7, 11) is 0. The molecule has 0 spiro atoms. The van der Waals surface area contributed by atoms with Gasteiger partial charge in [-0.2, -0.15) is 5.10 Å². The minimum absolute atomic E-state index is 0.103. The van der Waals surface area contributed by atoms with Crippen molar-refractivity contribution in [2.45, 2.75) is 72.4 Å². The van der Waals surface area contributed by atoms with Crippen LogP contribution in [0.2, 0.25) is 0 Å². The predicted molar refractivity (Wildman–Crippen MR) is 92.3 cm³/mol. The van der Waals surface area contributed by atoms with Crippen molar-refractivity contribution in [2.75, 3.05) is 0 Å². The van der Waals surface area contributed by atoms with Gasteiger partial charge in [0.25, 0.3) is 0 Å². The van der Waals surface area contributed by atoms with Crippen LogP contribution < -0.4 is 5.73 Å². The molecule has 1 aromatic rings. The lowest BCUT2D eigenvalue weighted by molar-refractivity contribution is 0.107. The Balaban J connectivity index is 2.34. The van der Waals surface area contributed by atoms with E-state index in [4.69, 9.17) is 5.73 Å². The first-order valence-electron chi connectivity index (χ1n) is 8.29. The fourth-order valence-electron chi connectivity index (χ4n) is 4.20. The average Bonchev–Trinajstić information content (AvgIpc) is 2.65. The summed E-state index contributed by atoms with van der Waals surface area (Å²) in [6, 6.07) is 0. The monoisotopic (exact) mass is 355 g/mol. The molecule has 1 aliphatic carbocycles. The summed E-state index contributed by atoms with van der Waals surface area (Å²) >= 11 is 3.73. The third-order valence-electron chi connectivity index (χ3n) is 5.19. The van der Waals surface area contributed by atoms with Crippen LogP contribution in [0.1, 0.15) is 58.3 Å². The molecule has 2 N–H and O–H groups in total.